The highest BCUT2D eigenvalue weighted by molar-refractivity contribution is 6.47. The Kier molecular flexibility index (Phi) is 6.73. The Hall–Kier alpha value is -2.52. The van der Waals surface area contributed by atoms with E-state index < -0.39 is 33.3 Å². The van der Waals surface area contributed by atoms with Gasteiger partial charge in [0.2, 0.25) is 0 Å². The molecular formula is C17H13Cl2F3N2O4. The summed E-state index contributed by atoms with van der Waals surface area (Å²) in [4.78, 5) is 22.2. The Labute approximate surface area is 167 Å². The summed E-state index contributed by atoms with van der Waals surface area (Å²) in [5.41, 5.74) is -0.426. The van der Waals surface area contributed by atoms with E-state index in [4.69, 9.17) is 27.9 Å². The third-order valence-corrected chi connectivity index (χ3v) is 4.35. The van der Waals surface area contributed by atoms with Gasteiger partial charge in [-0.25, -0.2) is 4.79 Å². The third-order valence-electron chi connectivity index (χ3n) is 3.64. The van der Waals surface area contributed by atoms with E-state index >= 15 is 0 Å². The predicted octanol–water partition coefficient (Wildman–Crippen LogP) is 5.08. The zero-order chi connectivity index (χ0) is 20.9. The highest BCUT2D eigenvalue weighted by Crippen LogP contribution is 2.38. The van der Waals surface area contributed by atoms with Crippen LogP contribution >= 0.6 is 23.2 Å². The highest BCUT2D eigenvalue weighted by atomic mass is 35.5. The summed E-state index contributed by atoms with van der Waals surface area (Å²) < 4.78 is 40.3. The first kappa shape index (κ1) is 21.8. The minimum absolute atomic E-state index is 0.105. The van der Waals surface area contributed by atoms with Gasteiger partial charge in [0.05, 0.1) is 10.5 Å². The Morgan fingerprint density at radius 3 is 2.18 bits per heavy atom. The van der Waals surface area contributed by atoms with Gasteiger partial charge in [-0.1, -0.05) is 42.5 Å². The number of benzene rings is 2. The van der Waals surface area contributed by atoms with Gasteiger partial charge in [-0.15, -0.1) is 0 Å². The second-order valence-corrected chi connectivity index (χ2v) is 6.95. The van der Waals surface area contributed by atoms with Crippen molar-refractivity contribution in [3.8, 4) is 0 Å². The Balaban J connectivity index is 2.20. The van der Waals surface area contributed by atoms with Crippen LogP contribution in [0.1, 0.15) is 22.7 Å². The minimum atomic E-state index is -4.60. The molecule has 2 aromatic rings. The fourth-order valence-electron chi connectivity index (χ4n) is 2.22. The molecule has 150 valence electrons. The smallest absolute Gasteiger partial charge is 0.416 e. The summed E-state index contributed by atoms with van der Waals surface area (Å²) in [5.74, 6) is 0. The number of carbonyl (C=O) groups is 1. The van der Waals surface area contributed by atoms with Gasteiger partial charge in [-0.05, 0) is 46.5 Å². The summed E-state index contributed by atoms with van der Waals surface area (Å²) in [6, 6.07) is 10.2. The summed E-state index contributed by atoms with van der Waals surface area (Å²) >= 11 is 11.5. The van der Waals surface area contributed by atoms with Crippen molar-refractivity contribution in [3.63, 3.8) is 0 Å². The monoisotopic (exact) mass is 436 g/mol. The quantitative estimate of drug-likeness (QED) is 0.296. The number of alkyl carbamates (subject to hydrolysis) is 1. The number of hydrogen-bond acceptors (Lipinski definition) is 4. The second-order valence-electron chi connectivity index (χ2n) is 5.60. The maximum absolute atomic E-state index is 12.7. The molecule has 1 amide bonds. The Morgan fingerprint density at radius 1 is 1.11 bits per heavy atom. The topological polar surface area (TPSA) is 81.5 Å². The normalized spacial score (nSPS) is 12.9. The number of rotatable bonds is 6. The number of nitrogens with one attached hydrogen (secondary N) is 1. The van der Waals surface area contributed by atoms with Crippen LogP contribution in [0.5, 0.6) is 0 Å². The number of amides is 1. The molecule has 0 fully saturated rings. The molecule has 0 heterocycles. The van der Waals surface area contributed by atoms with Crippen LogP contribution in [0.4, 0.5) is 18.0 Å². The van der Waals surface area contributed by atoms with Gasteiger partial charge in [-0.2, -0.15) is 13.2 Å². The molecule has 1 N–H and O–H groups in total. The minimum Gasteiger partial charge on any atom is -0.445 e. The van der Waals surface area contributed by atoms with Crippen molar-refractivity contribution in [2.24, 2.45) is 0 Å². The molecule has 1 unspecified atom stereocenters. The van der Waals surface area contributed by atoms with Crippen molar-refractivity contribution in [2.75, 3.05) is 0 Å². The standard InChI is InChI=1S/C17H13Cl2F3N2O4/c18-16(19,24(26)27)14(12-6-8-13(9-7-12)17(20,21)22)23-15(25)28-10-11-4-2-1-3-5-11/h1-9,14H,10H2,(H,23,25). The number of alkyl halides is 5. The van der Waals surface area contributed by atoms with Crippen molar-refractivity contribution in [3.05, 3.63) is 81.4 Å². The number of halogens is 5. The van der Waals surface area contributed by atoms with E-state index in [1.54, 1.807) is 30.3 Å². The fourth-order valence-corrected chi connectivity index (χ4v) is 2.58. The molecule has 2 aromatic carbocycles. The SMILES string of the molecule is O=C(NC(c1ccc(C(F)(F)F)cc1)C(Cl)(Cl)[N+](=O)[O-])OCc1ccccc1. The van der Waals surface area contributed by atoms with Crippen LogP contribution < -0.4 is 5.32 Å². The first-order valence-corrected chi connectivity index (χ1v) is 8.44. The van der Waals surface area contributed by atoms with E-state index in [0.717, 1.165) is 12.1 Å². The molecule has 1 atom stereocenters. The van der Waals surface area contributed by atoms with E-state index in [1.807, 2.05) is 0 Å². The van der Waals surface area contributed by atoms with Crippen molar-refractivity contribution in [2.45, 2.75) is 23.3 Å². The van der Waals surface area contributed by atoms with Gasteiger partial charge in [0, 0.05) is 0 Å². The van der Waals surface area contributed by atoms with Crippen LogP contribution in [-0.4, -0.2) is 15.5 Å². The third kappa shape index (κ3) is 5.49. The van der Waals surface area contributed by atoms with E-state index in [9.17, 15) is 28.1 Å². The molecule has 6 nitrogen and oxygen atoms in total. The molecule has 11 heteroatoms. The largest absolute Gasteiger partial charge is 0.445 e. The predicted molar refractivity (Wildman–Crippen MR) is 95.4 cm³/mol. The van der Waals surface area contributed by atoms with E-state index in [1.165, 1.54) is 0 Å². The van der Waals surface area contributed by atoms with Crippen molar-refractivity contribution < 1.29 is 27.6 Å². The average molecular weight is 437 g/mol. The molecule has 2 rings (SSSR count). The van der Waals surface area contributed by atoms with Crippen LogP contribution in [0.15, 0.2) is 54.6 Å². The van der Waals surface area contributed by atoms with E-state index in [-0.39, 0.29) is 12.2 Å². The lowest BCUT2D eigenvalue weighted by molar-refractivity contribution is -0.521. The van der Waals surface area contributed by atoms with Gasteiger partial charge in [-0.3, -0.25) is 10.1 Å². The number of ether oxygens (including phenoxy) is 1. The van der Waals surface area contributed by atoms with Gasteiger partial charge in [0.25, 0.3) is 0 Å². The molecular weight excluding hydrogens is 424 g/mol. The zero-order valence-electron chi connectivity index (χ0n) is 14.0. The molecule has 0 aromatic heterocycles. The van der Waals surface area contributed by atoms with Crippen LogP contribution in [0.2, 0.25) is 0 Å². The van der Waals surface area contributed by atoms with Crippen molar-refractivity contribution >= 4 is 29.3 Å². The summed E-state index contributed by atoms with van der Waals surface area (Å²) in [6.45, 7) is -0.136. The molecule has 0 bridgehead atoms. The molecule has 0 radical (unpaired) electrons. The van der Waals surface area contributed by atoms with Gasteiger partial charge in [0.1, 0.15) is 6.61 Å². The molecule has 0 aliphatic carbocycles. The first-order valence-electron chi connectivity index (χ1n) is 7.68. The molecule has 0 aliphatic heterocycles. The van der Waals surface area contributed by atoms with Crippen LogP contribution in [0.25, 0.3) is 0 Å². The lowest BCUT2D eigenvalue weighted by atomic mass is 10.0. The van der Waals surface area contributed by atoms with Crippen LogP contribution in [0.3, 0.4) is 0 Å². The lowest BCUT2D eigenvalue weighted by Gasteiger charge is -2.24. The summed E-state index contributed by atoms with van der Waals surface area (Å²) in [7, 11) is 0. The van der Waals surface area contributed by atoms with Gasteiger partial charge in [0.15, 0.2) is 6.04 Å². The maximum Gasteiger partial charge on any atom is 0.416 e. The van der Waals surface area contributed by atoms with Gasteiger partial charge < -0.3 is 10.1 Å². The first-order chi connectivity index (χ1) is 13.0. The van der Waals surface area contributed by atoms with Crippen LogP contribution in [-0.2, 0) is 17.5 Å². The summed E-state index contributed by atoms with van der Waals surface area (Å²) in [6.07, 6.45) is -5.68. The molecule has 0 saturated heterocycles. The highest BCUT2D eigenvalue weighted by Gasteiger charge is 2.49. The molecule has 0 saturated carbocycles. The molecule has 0 spiro atoms. The fraction of sp³-hybridized carbons (Fsp3) is 0.235. The molecule has 0 aliphatic rings. The number of nitro groups is 1. The Morgan fingerprint density at radius 2 is 1.68 bits per heavy atom. The number of hydrogen-bond donors (Lipinski definition) is 1. The Bertz CT molecular complexity index is 831. The van der Waals surface area contributed by atoms with E-state index in [0.29, 0.717) is 17.7 Å². The molecule has 28 heavy (non-hydrogen) atoms. The summed E-state index contributed by atoms with van der Waals surface area (Å²) in [5, 5.41) is 13.3. The second kappa shape index (κ2) is 8.66. The van der Waals surface area contributed by atoms with Gasteiger partial charge >= 0.3 is 16.7 Å². The number of nitrogens with zero attached hydrogens (tertiary/aromatic N) is 1. The maximum atomic E-state index is 12.7. The van der Waals surface area contributed by atoms with Crippen LogP contribution in [0, 0.1) is 10.1 Å². The van der Waals surface area contributed by atoms with Crippen molar-refractivity contribution in [1.82, 2.24) is 5.32 Å². The average Bonchev–Trinajstić information content (AvgIpc) is 2.64. The number of carbonyl (C=O) groups excluding carboxylic acids is 1. The van der Waals surface area contributed by atoms with E-state index in [2.05, 4.69) is 5.32 Å². The zero-order valence-corrected chi connectivity index (χ0v) is 15.5. The van der Waals surface area contributed by atoms with Crippen molar-refractivity contribution in [1.29, 1.82) is 0 Å². The lowest BCUT2D eigenvalue weighted by Crippen LogP contribution is -2.44.